The van der Waals surface area contributed by atoms with Crippen LogP contribution in [0, 0.1) is 0 Å². The van der Waals surface area contributed by atoms with E-state index in [2.05, 4.69) is 20.1 Å². The molecule has 0 unspecified atom stereocenters. The molecule has 0 atom stereocenters. The van der Waals surface area contributed by atoms with Crippen LogP contribution in [0.1, 0.15) is 12.3 Å². The summed E-state index contributed by atoms with van der Waals surface area (Å²) in [6.07, 6.45) is 1.70. The van der Waals surface area contributed by atoms with Crippen molar-refractivity contribution in [2.75, 3.05) is 12.9 Å². The quantitative estimate of drug-likeness (QED) is 0.382. The van der Waals surface area contributed by atoms with Crippen molar-refractivity contribution in [1.82, 2.24) is 20.1 Å². The van der Waals surface area contributed by atoms with Crippen LogP contribution >= 0.6 is 23.1 Å². The maximum absolute atomic E-state index is 5.31. The Balaban J connectivity index is 1.31. The summed E-state index contributed by atoms with van der Waals surface area (Å²) in [5, 5.41) is 6.94. The van der Waals surface area contributed by atoms with E-state index in [0.717, 1.165) is 45.4 Å². The highest BCUT2D eigenvalue weighted by Gasteiger charge is 2.10. The first kappa shape index (κ1) is 16.2. The van der Waals surface area contributed by atoms with Crippen LogP contribution in [0.15, 0.2) is 45.4 Å². The van der Waals surface area contributed by atoms with E-state index in [0.29, 0.717) is 11.7 Å². The molecule has 0 amide bonds. The molecule has 0 fully saturated rings. The Kier molecular flexibility index (Phi) is 4.71. The fraction of sp³-hybridized carbons (Fsp3) is 0.235. The molecule has 4 aromatic rings. The number of hydrogen-bond donors (Lipinski definition) is 1. The first-order chi connectivity index (χ1) is 12.3. The zero-order valence-electron chi connectivity index (χ0n) is 13.6. The summed E-state index contributed by atoms with van der Waals surface area (Å²) < 4.78 is 10.5. The Hall–Kier alpha value is -2.32. The summed E-state index contributed by atoms with van der Waals surface area (Å²) in [7, 11) is 1.66. The molecule has 3 heterocycles. The molecule has 0 spiro atoms. The van der Waals surface area contributed by atoms with Gasteiger partial charge in [-0.1, -0.05) is 23.0 Å². The van der Waals surface area contributed by atoms with E-state index in [1.807, 2.05) is 35.7 Å². The average Bonchev–Trinajstić information content (AvgIpc) is 3.37. The number of benzene rings is 1. The minimum atomic E-state index is 0.670. The third-order valence-corrected chi connectivity index (χ3v) is 5.48. The van der Waals surface area contributed by atoms with Gasteiger partial charge in [0.25, 0.3) is 0 Å². The number of aromatic nitrogens is 4. The molecular weight excluding hydrogens is 356 g/mol. The largest absolute Gasteiger partial charge is 0.497 e. The topological polar surface area (TPSA) is 76.8 Å². The van der Waals surface area contributed by atoms with Gasteiger partial charge < -0.3 is 14.2 Å². The van der Waals surface area contributed by atoms with Crippen LogP contribution in [-0.2, 0) is 6.42 Å². The fourth-order valence-corrected chi connectivity index (χ4v) is 3.89. The molecule has 0 bridgehead atoms. The number of rotatable bonds is 7. The standard InChI is InChI=1S/C17H16N4O2S2/c1-22-11-6-7-12-13(10-11)19-17(18-12)25-9-3-5-15-20-16(21-23-15)14-4-2-8-24-14/h2,4,6-8,10H,3,5,9H2,1H3,(H,18,19). The second-order valence-electron chi connectivity index (χ2n) is 5.37. The van der Waals surface area contributed by atoms with E-state index in [1.54, 1.807) is 30.2 Å². The van der Waals surface area contributed by atoms with Crippen molar-refractivity contribution < 1.29 is 9.26 Å². The number of imidazole rings is 1. The van der Waals surface area contributed by atoms with Gasteiger partial charge in [-0.2, -0.15) is 4.98 Å². The highest BCUT2D eigenvalue weighted by atomic mass is 32.2. The second-order valence-corrected chi connectivity index (χ2v) is 7.40. The molecule has 4 rings (SSSR count). The lowest BCUT2D eigenvalue weighted by molar-refractivity contribution is 0.378. The summed E-state index contributed by atoms with van der Waals surface area (Å²) >= 11 is 3.30. The monoisotopic (exact) mass is 372 g/mol. The van der Waals surface area contributed by atoms with Crippen LogP contribution in [-0.4, -0.2) is 33.0 Å². The molecule has 0 radical (unpaired) electrons. The van der Waals surface area contributed by atoms with Crippen LogP contribution in [0.2, 0.25) is 0 Å². The van der Waals surface area contributed by atoms with Crippen molar-refractivity contribution in [3.63, 3.8) is 0 Å². The normalized spacial score (nSPS) is 11.2. The van der Waals surface area contributed by atoms with Gasteiger partial charge in [-0.05, 0) is 30.0 Å². The molecule has 0 saturated carbocycles. The lowest BCUT2D eigenvalue weighted by Crippen LogP contribution is -1.89. The Morgan fingerprint density at radius 3 is 3.08 bits per heavy atom. The SMILES string of the molecule is COc1ccc2nc(SCCCc3nc(-c4cccs4)no3)[nH]c2c1. The van der Waals surface area contributed by atoms with Gasteiger partial charge in [0, 0.05) is 18.2 Å². The number of nitrogens with one attached hydrogen (secondary N) is 1. The molecule has 0 aliphatic rings. The number of H-pyrrole nitrogens is 1. The van der Waals surface area contributed by atoms with Crippen LogP contribution in [0.3, 0.4) is 0 Å². The van der Waals surface area contributed by atoms with E-state index in [9.17, 15) is 0 Å². The van der Waals surface area contributed by atoms with Gasteiger partial charge >= 0.3 is 0 Å². The van der Waals surface area contributed by atoms with Gasteiger partial charge in [0.15, 0.2) is 5.16 Å². The zero-order valence-corrected chi connectivity index (χ0v) is 15.2. The molecule has 1 aromatic carbocycles. The molecule has 0 saturated heterocycles. The lowest BCUT2D eigenvalue weighted by atomic mass is 10.3. The molecule has 25 heavy (non-hydrogen) atoms. The van der Waals surface area contributed by atoms with Crippen molar-refractivity contribution in [3.8, 4) is 16.5 Å². The Bertz CT molecular complexity index is 962. The van der Waals surface area contributed by atoms with Gasteiger partial charge in [0.2, 0.25) is 11.7 Å². The van der Waals surface area contributed by atoms with Gasteiger partial charge in [0.05, 0.1) is 23.0 Å². The molecule has 0 aliphatic heterocycles. The van der Waals surface area contributed by atoms with Gasteiger partial charge in [0.1, 0.15) is 5.75 Å². The Morgan fingerprint density at radius 1 is 1.28 bits per heavy atom. The number of ether oxygens (including phenoxy) is 1. The summed E-state index contributed by atoms with van der Waals surface area (Å²) in [6, 6.07) is 9.80. The van der Waals surface area contributed by atoms with Gasteiger partial charge in [-0.15, -0.1) is 11.3 Å². The van der Waals surface area contributed by atoms with Crippen LogP contribution in [0.5, 0.6) is 5.75 Å². The minimum absolute atomic E-state index is 0.670. The highest BCUT2D eigenvalue weighted by Crippen LogP contribution is 2.24. The molecule has 8 heteroatoms. The number of nitrogens with zero attached hydrogens (tertiary/aromatic N) is 3. The molecule has 1 N–H and O–H groups in total. The molecule has 6 nitrogen and oxygen atoms in total. The fourth-order valence-electron chi connectivity index (χ4n) is 2.42. The lowest BCUT2D eigenvalue weighted by Gasteiger charge is -1.96. The summed E-state index contributed by atoms with van der Waals surface area (Å²) in [6.45, 7) is 0. The number of thiophene rings is 1. The molecular formula is C17H16N4O2S2. The van der Waals surface area contributed by atoms with Crippen molar-refractivity contribution in [3.05, 3.63) is 41.6 Å². The van der Waals surface area contributed by atoms with Crippen LogP contribution < -0.4 is 4.74 Å². The third-order valence-electron chi connectivity index (χ3n) is 3.65. The average molecular weight is 372 g/mol. The summed E-state index contributed by atoms with van der Waals surface area (Å²) in [5.74, 6) is 3.10. The van der Waals surface area contributed by atoms with Crippen molar-refractivity contribution in [2.24, 2.45) is 0 Å². The second kappa shape index (κ2) is 7.28. The number of thioether (sulfide) groups is 1. The Labute approximate surface area is 152 Å². The summed E-state index contributed by atoms with van der Waals surface area (Å²) in [5.41, 5.74) is 1.93. The van der Waals surface area contributed by atoms with E-state index in [1.165, 1.54) is 0 Å². The molecule has 3 aromatic heterocycles. The minimum Gasteiger partial charge on any atom is -0.497 e. The number of fused-ring (bicyclic) bond motifs is 1. The predicted octanol–water partition coefficient (Wildman–Crippen LogP) is 4.41. The van der Waals surface area contributed by atoms with Gasteiger partial charge in [-0.25, -0.2) is 4.98 Å². The Morgan fingerprint density at radius 2 is 2.24 bits per heavy atom. The van der Waals surface area contributed by atoms with E-state index in [4.69, 9.17) is 9.26 Å². The number of aromatic amines is 1. The summed E-state index contributed by atoms with van der Waals surface area (Å²) in [4.78, 5) is 13.4. The van der Waals surface area contributed by atoms with Crippen molar-refractivity contribution in [2.45, 2.75) is 18.0 Å². The third kappa shape index (κ3) is 3.69. The maximum atomic E-state index is 5.31. The molecule has 128 valence electrons. The maximum Gasteiger partial charge on any atom is 0.227 e. The smallest absolute Gasteiger partial charge is 0.227 e. The first-order valence-corrected chi connectivity index (χ1v) is 9.71. The van der Waals surface area contributed by atoms with Crippen LogP contribution in [0.25, 0.3) is 21.7 Å². The number of methoxy groups -OCH3 is 1. The van der Waals surface area contributed by atoms with E-state index in [-0.39, 0.29) is 0 Å². The predicted molar refractivity (Wildman–Crippen MR) is 99.3 cm³/mol. The number of aryl methyl sites for hydroxylation is 1. The first-order valence-electron chi connectivity index (χ1n) is 7.85. The van der Waals surface area contributed by atoms with Crippen molar-refractivity contribution >= 4 is 34.1 Å². The van der Waals surface area contributed by atoms with Gasteiger partial charge in [-0.3, -0.25) is 0 Å². The molecule has 0 aliphatic carbocycles. The van der Waals surface area contributed by atoms with E-state index >= 15 is 0 Å². The van der Waals surface area contributed by atoms with Crippen LogP contribution in [0.4, 0.5) is 0 Å². The zero-order chi connectivity index (χ0) is 17.1. The number of hydrogen-bond acceptors (Lipinski definition) is 7. The van der Waals surface area contributed by atoms with Crippen molar-refractivity contribution in [1.29, 1.82) is 0 Å². The highest BCUT2D eigenvalue weighted by molar-refractivity contribution is 7.99. The van der Waals surface area contributed by atoms with E-state index < -0.39 is 0 Å².